The molecule has 0 spiro atoms. The number of nitrogens with zero attached hydrogens (tertiary/aromatic N) is 2. The number of nitrogens with two attached hydrogens (primary N) is 1. The molecule has 0 saturated carbocycles. The lowest BCUT2D eigenvalue weighted by molar-refractivity contribution is 0.319. The van der Waals surface area contributed by atoms with E-state index in [1.165, 1.54) is 42.5 Å². The predicted octanol–water partition coefficient (Wildman–Crippen LogP) is 3.40. The molecule has 19 heavy (non-hydrogen) atoms. The lowest BCUT2D eigenvalue weighted by Crippen LogP contribution is -2.21. The zero-order valence-corrected chi connectivity index (χ0v) is 11.9. The quantitative estimate of drug-likeness (QED) is 0.855. The van der Waals surface area contributed by atoms with Crippen LogP contribution in [0.3, 0.4) is 0 Å². The molecule has 2 N–H and O–H groups in total. The third-order valence-electron chi connectivity index (χ3n) is 4.07. The highest BCUT2D eigenvalue weighted by Gasteiger charge is 2.18. The summed E-state index contributed by atoms with van der Waals surface area (Å²) in [4.78, 5) is 2.54. The van der Waals surface area contributed by atoms with E-state index >= 15 is 0 Å². The molecule has 3 rings (SSSR count). The number of aromatic nitrogens is 1. The van der Waals surface area contributed by atoms with Crippen molar-refractivity contribution in [2.75, 3.05) is 18.8 Å². The minimum atomic E-state index is 0.444. The molecule has 0 bridgehead atoms. The van der Waals surface area contributed by atoms with Gasteiger partial charge in [-0.2, -0.15) is 0 Å². The van der Waals surface area contributed by atoms with Gasteiger partial charge in [0.25, 0.3) is 0 Å². The van der Waals surface area contributed by atoms with Crippen LogP contribution in [0.4, 0.5) is 5.69 Å². The third-order valence-corrected chi connectivity index (χ3v) is 4.07. The van der Waals surface area contributed by atoms with Crippen LogP contribution < -0.4 is 5.73 Å². The molecule has 102 valence electrons. The smallest absolute Gasteiger partial charge is 0.0718 e. The topological polar surface area (TPSA) is 34.2 Å². The lowest BCUT2D eigenvalue weighted by Gasteiger charge is -2.20. The van der Waals surface area contributed by atoms with Gasteiger partial charge in [-0.15, -0.1) is 0 Å². The fraction of sp³-hybridized carbons (Fsp3) is 0.500. The molecular weight excluding hydrogens is 234 g/mol. The van der Waals surface area contributed by atoms with E-state index < -0.39 is 0 Å². The SMILES string of the molecule is CC(C)n1c(CN2CCCC2)cc2cccc(N)c21. The van der Waals surface area contributed by atoms with Gasteiger partial charge in [-0.1, -0.05) is 12.1 Å². The third kappa shape index (κ3) is 2.23. The Hall–Kier alpha value is -1.48. The maximum atomic E-state index is 6.18. The highest BCUT2D eigenvalue weighted by Crippen LogP contribution is 2.29. The first-order valence-corrected chi connectivity index (χ1v) is 7.27. The van der Waals surface area contributed by atoms with Crippen molar-refractivity contribution in [1.29, 1.82) is 0 Å². The number of fused-ring (bicyclic) bond motifs is 1. The number of para-hydroxylation sites is 1. The molecule has 1 aromatic heterocycles. The molecule has 0 atom stereocenters. The minimum absolute atomic E-state index is 0.444. The molecule has 0 unspecified atom stereocenters. The van der Waals surface area contributed by atoms with Crippen LogP contribution in [-0.2, 0) is 6.54 Å². The van der Waals surface area contributed by atoms with Crippen LogP contribution in [-0.4, -0.2) is 22.6 Å². The molecule has 1 saturated heterocycles. The number of hydrogen-bond donors (Lipinski definition) is 1. The first-order valence-electron chi connectivity index (χ1n) is 7.27. The fourth-order valence-corrected chi connectivity index (χ4v) is 3.25. The average Bonchev–Trinajstić information content (AvgIpc) is 2.97. The van der Waals surface area contributed by atoms with Crippen molar-refractivity contribution in [3.63, 3.8) is 0 Å². The lowest BCUT2D eigenvalue weighted by atomic mass is 10.2. The van der Waals surface area contributed by atoms with Gasteiger partial charge < -0.3 is 10.3 Å². The van der Waals surface area contributed by atoms with Gasteiger partial charge in [0.2, 0.25) is 0 Å². The standard InChI is InChI=1S/C16H23N3/c1-12(2)19-14(11-18-8-3-4-9-18)10-13-6-5-7-15(17)16(13)19/h5-7,10,12H,3-4,8-9,11,17H2,1-2H3. The normalized spacial score (nSPS) is 16.8. The van der Waals surface area contributed by atoms with Gasteiger partial charge in [0.15, 0.2) is 0 Å². The molecule has 3 heteroatoms. The Morgan fingerprint density at radius 1 is 1.21 bits per heavy atom. The van der Waals surface area contributed by atoms with Crippen molar-refractivity contribution in [3.8, 4) is 0 Å². The molecule has 1 aliphatic rings. The summed E-state index contributed by atoms with van der Waals surface area (Å²) in [6.07, 6.45) is 2.67. The van der Waals surface area contributed by atoms with Gasteiger partial charge in [-0.25, -0.2) is 0 Å². The Labute approximate surface area is 115 Å². The van der Waals surface area contributed by atoms with Crippen LogP contribution in [0.5, 0.6) is 0 Å². The second kappa shape index (κ2) is 4.89. The number of anilines is 1. The van der Waals surface area contributed by atoms with Gasteiger partial charge in [0.1, 0.15) is 0 Å². The molecule has 1 fully saturated rings. The molecule has 0 aliphatic carbocycles. The van der Waals surface area contributed by atoms with Crippen LogP contribution >= 0.6 is 0 Å². The Kier molecular flexibility index (Phi) is 3.23. The van der Waals surface area contributed by atoms with Crippen LogP contribution in [0, 0.1) is 0 Å². The first-order chi connectivity index (χ1) is 9.16. The van der Waals surface area contributed by atoms with E-state index in [9.17, 15) is 0 Å². The molecular formula is C16H23N3. The van der Waals surface area contributed by atoms with Crippen molar-refractivity contribution in [3.05, 3.63) is 30.0 Å². The van der Waals surface area contributed by atoms with Gasteiger partial charge in [0.05, 0.1) is 11.2 Å². The summed E-state index contributed by atoms with van der Waals surface area (Å²) in [5.41, 5.74) is 9.66. The van der Waals surface area contributed by atoms with Gasteiger partial charge in [0, 0.05) is 23.7 Å². The molecule has 1 aromatic carbocycles. The summed E-state index contributed by atoms with van der Waals surface area (Å²) in [5.74, 6) is 0. The van der Waals surface area contributed by atoms with Gasteiger partial charge in [-0.3, -0.25) is 4.90 Å². The predicted molar refractivity (Wildman–Crippen MR) is 81.2 cm³/mol. The fourth-order valence-electron chi connectivity index (χ4n) is 3.25. The number of rotatable bonds is 3. The van der Waals surface area contributed by atoms with Crippen LogP contribution in [0.25, 0.3) is 10.9 Å². The number of likely N-dealkylation sites (tertiary alicyclic amines) is 1. The average molecular weight is 257 g/mol. The number of benzene rings is 1. The van der Waals surface area contributed by atoms with Crippen molar-refractivity contribution in [2.45, 2.75) is 39.3 Å². The Morgan fingerprint density at radius 3 is 2.63 bits per heavy atom. The van der Waals surface area contributed by atoms with Crippen molar-refractivity contribution in [1.82, 2.24) is 9.47 Å². The number of nitrogen functional groups attached to an aromatic ring is 1. The maximum absolute atomic E-state index is 6.18. The Morgan fingerprint density at radius 2 is 1.95 bits per heavy atom. The van der Waals surface area contributed by atoms with E-state index in [0.717, 1.165) is 12.2 Å². The summed E-state index contributed by atoms with van der Waals surface area (Å²) >= 11 is 0. The maximum Gasteiger partial charge on any atom is 0.0718 e. The van der Waals surface area contributed by atoms with Gasteiger partial charge in [-0.05, 0) is 51.9 Å². The number of hydrogen-bond acceptors (Lipinski definition) is 2. The van der Waals surface area contributed by atoms with E-state index in [1.54, 1.807) is 0 Å². The second-order valence-corrected chi connectivity index (χ2v) is 5.87. The summed E-state index contributed by atoms with van der Waals surface area (Å²) in [6.45, 7) is 7.98. The summed E-state index contributed by atoms with van der Waals surface area (Å²) in [7, 11) is 0. The molecule has 2 aromatic rings. The van der Waals surface area contributed by atoms with E-state index in [-0.39, 0.29) is 0 Å². The zero-order chi connectivity index (χ0) is 13.4. The molecule has 2 heterocycles. The molecule has 1 aliphatic heterocycles. The zero-order valence-electron chi connectivity index (χ0n) is 11.9. The largest absolute Gasteiger partial charge is 0.397 e. The molecule has 3 nitrogen and oxygen atoms in total. The Bertz CT molecular complexity index is 577. The monoisotopic (exact) mass is 257 g/mol. The summed E-state index contributed by atoms with van der Waals surface area (Å²) < 4.78 is 2.41. The first kappa shape index (κ1) is 12.5. The van der Waals surface area contributed by atoms with Crippen molar-refractivity contribution >= 4 is 16.6 Å². The summed E-state index contributed by atoms with van der Waals surface area (Å²) in [6, 6.07) is 8.96. The molecule has 0 amide bonds. The van der Waals surface area contributed by atoms with Gasteiger partial charge >= 0.3 is 0 Å². The minimum Gasteiger partial charge on any atom is -0.397 e. The van der Waals surface area contributed by atoms with E-state index in [1.807, 2.05) is 12.1 Å². The summed E-state index contributed by atoms with van der Waals surface area (Å²) in [5, 5.41) is 1.27. The van der Waals surface area contributed by atoms with Crippen molar-refractivity contribution in [2.24, 2.45) is 0 Å². The van der Waals surface area contributed by atoms with E-state index in [2.05, 4.69) is 35.4 Å². The highest BCUT2D eigenvalue weighted by molar-refractivity contribution is 5.91. The van der Waals surface area contributed by atoms with Crippen molar-refractivity contribution < 1.29 is 0 Å². The molecule has 0 radical (unpaired) electrons. The second-order valence-electron chi connectivity index (χ2n) is 5.87. The van der Waals surface area contributed by atoms with Crippen LogP contribution in [0.1, 0.15) is 38.4 Å². The van der Waals surface area contributed by atoms with Crippen LogP contribution in [0.15, 0.2) is 24.3 Å². The highest BCUT2D eigenvalue weighted by atomic mass is 15.2. The van der Waals surface area contributed by atoms with E-state index in [4.69, 9.17) is 5.73 Å². The van der Waals surface area contributed by atoms with Crippen LogP contribution in [0.2, 0.25) is 0 Å². The van der Waals surface area contributed by atoms with E-state index in [0.29, 0.717) is 6.04 Å². The Balaban J connectivity index is 2.07.